The summed E-state index contributed by atoms with van der Waals surface area (Å²) in [5.74, 6) is 1.17. The number of anilines is 1. The van der Waals surface area contributed by atoms with E-state index >= 15 is 0 Å². The zero-order valence-electron chi connectivity index (χ0n) is 14.7. The number of carbonyl (C=O) groups excluding carboxylic acids is 1. The van der Waals surface area contributed by atoms with Crippen LogP contribution in [-0.2, 0) is 4.79 Å². The van der Waals surface area contributed by atoms with Gasteiger partial charge in [-0.2, -0.15) is 5.10 Å². The van der Waals surface area contributed by atoms with Gasteiger partial charge in [-0.15, -0.1) is 0 Å². The van der Waals surface area contributed by atoms with Crippen LogP contribution >= 0.6 is 11.6 Å². The number of ether oxygens (including phenoxy) is 3. The number of nitrogens with one attached hydrogen (secondary N) is 2. The van der Waals surface area contributed by atoms with Gasteiger partial charge >= 0.3 is 0 Å². The second-order valence-electron chi connectivity index (χ2n) is 5.09. The number of hydrazone groups is 1. The number of benzene rings is 2. The molecule has 0 radical (unpaired) electrons. The smallest absolute Gasteiger partial charge is 0.259 e. The minimum Gasteiger partial charge on any atom is -0.493 e. The number of methoxy groups -OCH3 is 3. The topological polar surface area (TPSA) is 81.2 Å². The Morgan fingerprint density at radius 1 is 1.12 bits per heavy atom. The van der Waals surface area contributed by atoms with E-state index in [1.807, 2.05) is 12.1 Å². The van der Waals surface area contributed by atoms with Crippen molar-refractivity contribution in [3.05, 3.63) is 47.0 Å². The molecule has 7 nitrogen and oxygen atoms in total. The lowest BCUT2D eigenvalue weighted by atomic mass is 10.2. The first-order chi connectivity index (χ1) is 12.6. The summed E-state index contributed by atoms with van der Waals surface area (Å²) in [5.41, 5.74) is 3.79. The first kappa shape index (κ1) is 19.4. The predicted molar refractivity (Wildman–Crippen MR) is 102 cm³/mol. The number of carbonyl (C=O) groups is 1. The monoisotopic (exact) mass is 377 g/mol. The number of hydrogen-bond donors (Lipinski definition) is 2. The molecule has 0 bridgehead atoms. The molecule has 0 atom stereocenters. The van der Waals surface area contributed by atoms with E-state index in [0.717, 1.165) is 0 Å². The van der Waals surface area contributed by atoms with Gasteiger partial charge in [0.05, 0.1) is 44.8 Å². The molecule has 0 saturated carbocycles. The number of rotatable bonds is 8. The summed E-state index contributed by atoms with van der Waals surface area (Å²) in [6.07, 6.45) is 1.48. The number of hydrogen-bond acceptors (Lipinski definition) is 6. The SMILES string of the molecule is COc1cc(/C=N/NC(=O)CNc2ccccc2Cl)cc(OC)c1OC. The maximum Gasteiger partial charge on any atom is 0.259 e. The van der Waals surface area contributed by atoms with Crippen molar-refractivity contribution < 1.29 is 19.0 Å². The van der Waals surface area contributed by atoms with Gasteiger partial charge in [-0.1, -0.05) is 23.7 Å². The van der Waals surface area contributed by atoms with E-state index in [1.165, 1.54) is 27.5 Å². The number of nitrogens with zero attached hydrogens (tertiary/aromatic N) is 1. The third-order valence-electron chi connectivity index (χ3n) is 3.40. The van der Waals surface area contributed by atoms with Crippen LogP contribution in [-0.4, -0.2) is 40.0 Å². The summed E-state index contributed by atoms with van der Waals surface area (Å²) in [6.45, 7) is 0.0380. The average molecular weight is 378 g/mol. The normalized spacial score (nSPS) is 10.5. The summed E-state index contributed by atoms with van der Waals surface area (Å²) in [7, 11) is 4.58. The Balaban J connectivity index is 1.97. The Kier molecular flexibility index (Phi) is 7.11. The van der Waals surface area contributed by atoms with Gasteiger partial charge in [0.25, 0.3) is 5.91 Å². The molecule has 0 aromatic heterocycles. The quantitative estimate of drug-likeness (QED) is 0.546. The number of para-hydroxylation sites is 1. The number of amides is 1. The Labute approximate surface area is 156 Å². The highest BCUT2D eigenvalue weighted by atomic mass is 35.5. The van der Waals surface area contributed by atoms with Crippen LogP contribution in [0.2, 0.25) is 5.02 Å². The first-order valence-electron chi connectivity index (χ1n) is 7.69. The Morgan fingerprint density at radius 2 is 1.77 bits per heavy atom. The molecule has 2 N–H and O–H groups in total. The Bertz CT molecular complexity index is 771. The molecule has 2 aromatic carbocycles. The minimum atomic E-state index is -0.311. The summed E-state index contributed by atoms with van der Waals surface area (Å²) in [6, 6.07) is 10.6. The lowest BCUT2D eigenvalue weighted by Crippen LogP contribution is -2.25. The third-order valence-corrected chi connectivity index (χ3v) is 3.73. The van der Waals surface area contributed by atoms with Crippen LogP contribution in [0.15, 0.2) is 41.5 Å². The van der Waals surface area contributed by atoms with Crippen molar-refractivity contribution in [2.45, 2.75) is 0 Å². The van der Waals surface area contributed by atoms with E-state index < -0.39 is 0 Å². The summed E-state index contributed by atoms with van der Waals surface area (Å²) >= 11 is 6.02. The van der Waals surface area contributed by atoms with Crippen LogP contribution in [0.3, 0.4) is 0 Å². The molecule has 0 aliphatic carbocycles. The van der Waals surface area contributed by atoms with Crippen molar-refractivity contribution in [3.8, 4) is 17.2 Å². The highest BCUT2D eigenvalue weighted by Crippen LogP contribution is 2.37. The van der Waals surface area contributed by atoms with Gasteiger partial charge in [-0.25, -0.2) is 5.43 Å². The number of halogens is 1. The zero-order chi connectivity index (χ0) is 18.9. The molecule has 1 amide bonds. The van der Waals surface area contributed by atoms with E-state index in [1.54, 1.807) is 24.3 Å². The van der Waals surface area contributed by atoms with E-state index in [-0.39, 0.29) is 12.5 Å². The fraction of sp³-hybridized carbons (Fsp3) is 0.222. The zero-order valence-corrected chi connectivity index (χ0v) is 15.5. The van der Waals surface area contributed by atoms with Gasteiger partial charge in [-0.05, 0) is 24.3 Å². The molecule has 2 aromatic rings. The van der Waals surface area contributed by atoms with Crippen LogP contribution in [0, 0.1) is 0 Å². The fourth-order valence-corrected chi connectivity index (χ4v) is 2.38. The third kappa shape index (κ3) is 5.03. The molecule has 0 fully saturated rings. The van der Waals surface area contributed by atoms with Crippen molar-refractivity contribution in [3.63, 3.8) is 0 Å². The molecule has 26 heavy (non-hydrogen) atoms. The molecular weight excluding hydrogens is 358 g/mol. The van der Waals surface area contributed by atoms with Crippen LogP contribution < -0.4 is 25.0 Å². The molecule has 8 heteroatoms. The Morgan fingerprint density at radius 3 is 2.35 bits per heavy atom. The standard InChI is InChI=1S/C18H20ClN3O4/c1-24-15-8-12(9-16(25-2)18(15)26-3)10-21-22-17(23)11-20-14-7-5-4-6-13(14)19/h4-10,20H,11H2,1-3H3,(H,22,23)/b21-10+. The predicted octanol–water partition coefficient (Wildman–Crippen LogP) is 2.93. The van der Waals surface area contributed by atoms with E-state index in [4.69, 9.17) is 25.8 Å². The van der Waals surface area contributed by atoms with Crippen molar-refractivity contribution in [1.29, 1.82) is 0 Å². The van der Waals surface area contributed by atoms with Crippen molar-refractivity contribution in [2.75, 3.05) is 33.2 Å². The maximum absolute atomic E-state index is 11.9. The van der Waals surface area contributed by atoms with Crippen LogP contribution in [0.1, 0.15) is 5.56 Å². The lowest BCUT2D eigenvalue weighted by Gasteiger charge is -2.12. The van der Waals surface area contributed by atoms with Gasteiger partial charge in [0, 0.05) is 5.56 Å². The fourth-order valence-electron chi connectivity index (χ4n) is 2.17. The van der Waals surface area contributed by atoms with E-state index in [9.17, 15) is 4.79 Å². The molecule has 0 aliphatic heterocycles. The summed E-state index contributed by atoms with van der Waals surface area (Å²) < 4.78 is 15.8. The van der Waals surface area contributed by atoms with E-state index in [2.05, 4.69) is 15.8 Å². The van der Waals surface area contributed by atoms with Crippen molar-refractivity contribution in [1.82, 2.24) is 5.43 Å². The van der Waals surface area contributed by atoms with Gasteiger partial charge < -0.3 is 19.5 Å². The second kappa shape index (κ2) is 9.53. The highest BCUT2D eigenvalue weighted by Gasteiger charge is 2.12. The van der Waals surface area contributed by atoms with Gasteiger partial charge in [-0.3, -0.25) is 4.79 Å². The molecule has 0 aliphatic rings. The molecule has 0 saturated heterocycles. The highest BCUT2D eigenvalue weighted by molar-refractivity contribution is 6.33. The largest absolute Gasteiger partial charge is 0.493 e. The summed E-state index contributed by atoms with van der Waals surface area (Å²) in [4.78, 5) is 11.9. The van der Waals surface area contributed by atoms with Gasteiger partial charge in [0.15, 0.2) is 11.5 Å². The lowest BCUT2D eigenvalue weighted by molar-refractivity contribution is -0.119. The van der Waals surface area contributed by atoms with Crippen molar-refractivity contribution >= 4 is 29.4 Å². The van der Waals surface area contributed by atoms with Gasteiger partial charge in [0.2, 0.25) is 5.75 Å². The second-order valence-corrected chi connectivity index (χ2v) is 5.49. The van der Waals surface area contributed by atoms with Crippen molar-refractivity contribution in [2.24, 2.45) is 5.10 Å². The molecular formula is C18H20ClN3O4. The van der Waals surface area contributed by atoms with Crippen LogP contribution in [0.25, 0.3) is 0 Å². The van der Waals surface area contributed by atoms with Crippen LogP contribution in [0.4, 0.5) is 5.69 Å². The molecule has 0 unspecified atom stereocenters. The molecule has 0 heterocycles. The average Bonchev–Trinajstić information content (AvgIpc) is 2.66. The maximum atomic E-state index is 11.9. The first-order valence-corrected chi connectivity index (χ1v) is 8.07. The minimum absolute atomic E-state index is 0.0380. The summed E-state index contributed by atoms with van der Waals surface area (Å²) in [5, 5.41) is 7.41. The van der Waals surface area contributed by atoms with Crippen LogP contribution in [0.5, 0.6) is 17.2 Å². The van der Waals surface area contributed by atoms with E-state index in [0.29, 0.717) is 33.5 Å². The molecule has 0 spiro atoms. The Hall–Kier alpha value is -2.93. The van der Waals surface area contributed by atoms with Gasteiger partial charge in [0.1, 0.15) is 0 Å². The molecule has 138 valence electrons. The molecule has 2 rings (SSSR count).